The normalized spacial score (nSPS) is 20.5. The monoisotopic (exact) mass is 156 g/mol. The minimum absolute atomic E-state index is 0.734. The summed E-state index contributed by atoms with van der Waals surface area (Å²) in [6.07, 6.45) is 2.54. The van der Waals surface area contributed by atoms with E-state index in [0.29, 0.717) is 0 Å². The molecule has 1 rings (SSSR count). The first kappa shape index (κ1) is 8.97. The van der Waals surface area contributed by atoms with Gasteiger partial charge in [0.15, 0.2) is 0 Å². The lowest BCUT2D eigenvalue weighted by Gasteiger charge is -2.25. The molecule has 1 aliphatic heterocycles. The third-order valence-electron chi connectivity index (χ3n) is 2.11. The van der Waals surface area contributed by atoms with Crippen molar-refractivity contribution in [3.63, 3.8) is 0 Å². The van der Waals surface area contributed by atoms with Crippen molar-refractivity contribution in [3.8, 4) is 0 Å². The minimum Gasteiger partial charge on any atom is -0.664 e. The average molecular weight is 156 g/mol. The van der Waals surface area contributed by atoms with Gasteiger partial charge >= 0.3 is 0 Å². The van der Waals surface area contributed by atoms with Crippen molar-refractivity contribution in [2.75, 3.05) is 33.2 Å². The first-order valence-electron chi connectivity index (χ1n) is 4.43. The lowest BCUT2D eigenvalue weighted by atomic mass is 10.1. The first-order valence-corrected chi connectivity index (χ1v) is 4.43. The fraction of sp³-hybridized carbons (Fsp3) is 1.00. The van der Waals surface area contributed by atoms with Crippen LogP contribution in [0.4, 0.5) is 0 Å². The number of hydrogen-bond acceptors (Lipinski definition) is 2. The van der Waals surface area contributed by atoms with E-state index in [1.165, 1.54) is 25.9 Å². The highest BCUT2D eigenvalue weighted by Crippen LogP contribution is 2.00. The van der Waals surface area contributed by atoms with Gasteiger partial charge < -0.3 is 16.0 Å². The molecule has 66 valence electrons. The third kappa shape index (κ3) is 3.70. The van der Waals surface area contributed by atoms with Gasteiger partial charge in [0.2, 0.25) is 0 Å². The molecule has 3 nitrogen and oxygen atoms in total. The Labute approximate surface area is 68.9 Å². The molecule has 0 aliphatic carbocycles. The standard InChI is InChI=1S/C8H18N3/c1-9-6-7-11-8-2-4-10-5-3-8/h8,10-11H,2-7H2,1H3/q-1. The summed E-state index contributed by atoms with van der Waals surface area (Å²) in [5.41, 5.74) is 0. The molecule has 0 aromatic heterocycles. The Morgan fingerprint density at radius 3 is 2.82 bits per heavy atom. The van der Waals surface area contributed by atoms with Gasteiger partial charge in [-0.1, -0.05) is 0 Å². The highest BCUT2D eigenvalue weighted by atomic mass is 15.0. The van der Waals surface area contributed by atoms with E-state index in [1.807, 2.05) is 7.05 Å². The summed E-state index contributed by atoms with van der Waals surface area (Å²) in [4.78, 5) is 0. The molecule has 3 heteroatoms. The van der Waals surface area contributed by atoms with Gasteiger partial charge in [-0.25, -0.2) is 0 Å². The van der Waals surface area contributed by atoms with Crippen LogP contribution in [0.2, 0.25) is 0 Å². The summed E-state index contributed by atoms with van der Waals surface area (Å²) in [6, 6.07) is 0.734. The maximum absolute atomic E-state index is 4.04. The highest BCUT2D eigenvalue weighted by molar-refractivity contribution is 4.77. The first-order chi connectivity index (χ1) is 5.43. The zero-order chi connectivity index (χ0) is 7.94. The van der Waals surface area contributed by atoms with Crippen molar-refractivity contribution in [2.45, 2.75) is 18.9 Å². The van der Waals surface area contributed by atoms with Gasteiger partial charge in [-0.15, -0.1) is 6.54 Å². The van der Waals surface area contributed by atoms with Gasteiger partial charge in [-0.05, 0) is 32.5 Å². The van der Waals surface area contributed by atoms with Crippen LogP contribution in [-0.4, -0.2) is 39.3 Å². The maximum atomic E-state index is 4.04. The molecule has 0 bridgehead atoms. The van der Waals surface area contributed by atoms with Crippen molar-refractivity contribution in [1.29, 1.82) is 0 Å². The van der Waals surface area contributed by atoms with Crippen LogP contribution in [-0.2, 0) is 0 Å². The van der Waals surface area contributed by atoms with Crippen molar-refractivity contribution in [3.05, 3.63) is 5.32 Å². The second-order valence-corrected chi connectivity index (χ2v) is 3.02. The predicted molar refractivity (Wildman–Crippen MR) is 48.0 cm³/mol. The van der Waals surface area contributed by atoms with E-state index >= 15 is 0 Å². The second kappa shape index (κ2) is 5.52. The molecular weight excluding hydrogens is 138 g/mol. The van der Waals surface area contributed by atoms with Gasteiger partial charge in [0, 0.05) is 6.04 Å². The third-order valence-corrected chi connectivity index (χ3v) is 2.11. The molecule has 0 unspecified atom stereocenters. The van der Waals surface area contributed by atoms with Gasteiger partial charge in [-0.2, -0.15) is 7.05 Å². The Hall–Kier alpha value is -0.120. The topological polar surface area (TPSA) is 38.2 Å². The van der Waals surface area contributed by atoms with Crippen molar-refractivity contribution >= 4 is 0 Å². The summed E-state index contributed by atoms with van der Waals surface area (Å²) in [7, 11) is 1.87. The number of rotatable bonds is 4. The summed E-state index contributed by atoms with van der Waals surface area (Å²) in [6.45, 7) is 4.33. The molecule has 0 aromatic carbocycles. The summed E-state index contributed by atoms with van der Waals surface area (Å²) >= 11 is 0. The van der Waals surface area contributed by atoms with Gasteiger partial charge in [0.25, 0.3) is 0 Å². The second-order valence-electron chi connectivity index (χ2n) is 3.02. The van der Waals surface area contributed by atoms with Crippen LogP contribution >= 0.6 is 0 Å². The summed E-state index contributed by atoms with van der Waals surface area (Å²) in [5.74, 6) is 0. The molecule has 2 N–H and O–H groups in total. The molecule has 0 amide bonds. The Morgan fingerprint density at radius 1 is 1.45 bits per heavy atom. The van der Waals surface area contributed by atoms with E-state index < -0.39 is 0 Å². The molecule has 1 fully saturated rings. The van der Waals surface area contributed by atoms with Crippen molar-refractivity contribution < 1.29 is 0 Å². The SMILES string of the molecule is C[N-]CCNC1CCNCC1. The molecule has 0 spiro atoms. The number of nitrogens with one attached hydrogen (secondary N) is 2. The van der Waals surface area contributed by atoms with Crippen LogP contribution in [0.1, 0.15) is 12.8 Å². The van der Waals surface area contributed by atoms with Crippen LogP contribution in [0.15, 0.2) is 0 Å². The molecular formula is C8H18N3-. The fourth-order valence-corrected chi connectivity index (χ4v) is 1.41. The number of hydrogen-bond donors (Lipinski definition) is 2. The highest BCUT2D eigenvalue weighted by Gasteiger charge is 2.09. The Balaban J connectivity index is 1.96. The van der Waals surface area contributed by atoms with Crippen LogP contribution < -0.4 is 10.6 Å². The Bertz CT molecular complexity index is 89.3. The molecule has 0 radical (unpaired) electrons. The van der Waals surface area contributed by atoms with Crippen molar-refractivity contribution in [2.24, 2.45) is 0 Å². The van der Waals surface area contributed by atoms with E-state index in [-0.39, 0.29) is 0 Å². The van der Waals surface area contributed by atoms with Gasteiger partial charge in [0.1, 0.15) is 0 Å². The van der Waals surface area contributed by atoms with E-state index in [4.69, 9.17) is 0 Å². The molecule has 1 aliphatic rings. The van der Waals surface area contributed by atoms with E-state index in [2.05, 4.69) is 16.0 Å². The summed E-state index contributed by atoms with van der Waals surface area (Å²) in [5, 5.41) is 10.9. The van der Waals surface area contributed by atoms with Crippen molar-refractivity contribution in [1.82, 2.24) is 10.6 Å². The fourth-order valence-electron chi connectivity index (χ4n) is 1.41. The quantitative estimate of drug-likeness (QED) is 0.576. The molecule has 0 aromatic rings. The van der Waals surface area contributed by atoms with Gasteiger partial charge in [-0.3, -0.25) is 0 Å². The number of piperidine rings is 1. The average Bonchev–Trinajstić information content (AvgIpc) is 2.07. The zero-order valence-electron chi connectivity index (χ0n) is 7.27. The van der Waals surface area contributed by atoms with E-state index in [0.717, 1.165) is 19.1 Å². The Morgan fingerprint density at radius 2 is 2.18 bits per heavy atom. The van der Waals surface area contributed by atoms with Crippen LogP contribution in [0.5, 0.6) is 0 Å². The predicted octanol–water partition coefficient (Wildman–Crippen LogP) is 0.331. The zero-order valence-corrected chi connectivity index (χ0v) is 7.27. The molecule has 0 atom stereocenters. The van der Waals surface area contributed by atoms with E-state index in [9.17, 15) is 0 Å². The Kier molecular flexibility index (Phi) is 4.50. The lowest BCUT2D eigenvalue weighted by Crippen LogP contribution is -2.40. The van der Waals surface area contributed by atoms with Crippen LogP contribution in [0, 0.1) is 0 Å². The number of nitrogens with zero attached hydrogens (tertiary/aromatic N) is 1. The summed E-state index contributed by atoms with van der Waals surface area (Å²) < 4.78 is 0. The van der Waals surface area contributed by atoms with Crippen LogP contribution in [0.3, 0.4) is 0 Å². The smallest absolute Gasteiger partial charge is 0.00905 e. The van der Waals surface area contributed by atoms with Gasteiger partial charge in [0.05, 0.1) is 0 Å². The molecule has 1 saturated heterocycles. The molecule has 11 heavy (non-hydrogen) atoms. The number of likely N-dealkylation sites (N-methyl/N-ethyl adjacent to an activating group) is 1. The largest absolute Gasteiger partial charge is 0.664 e. The van der Waals surface area contributed by atoms with Crippen LogP contribution in [0.25, 0.3) is 5.32 Å². The molecule has 1 heterocycles. The lowest BCUT2D eigenvalue weighted by molar-refractivity contribution is 0.393. The van der Waals surface area contributed by atoms with E-state index in [1.54, 1.807) is 0 Å². The maximum Gasteiger partial charge on any atom is 0.00905 e. The molecule has 0 saturated carbocycles. The minimum atomic E-state index is 0.734.